The van der Waals surface area contributed by atoms with Gasteiger partial charge in [0.05, 0.1) is 0 Å². The summed E-state index contributed by atoms with van der Waals surface area (Å²) in [6.45, 7) is 1.91. The molecule has 0 amide bonds. The minimum absolute atomic E-state index is 0.318. The molecule has 0 saturated heterocycles. The average molecular weight is 295 g/mol. The summed E-state index contributed by atoms with van der Waals surface area (Å²) in [5, 5.41) is 23.4. The van der Waals surface area contributed by atoms with Crippen LogP contribution in [-0.4, -0.2) is 29.1 Å². The van der Waals surface area contributed by atoms with Crippen molar-refractivity contribution < 1.29 is 10.2 Å². The summed E-state index contributed by atoms with van der Waals surface area (Å²) < 4.78 is 0. The van der Waals surface area contributed by atoms with Crippen molar-refractivity contribution >= 4 is 0 Å². The van der Waals surface area contributed by atoms with Crippen LogP contribution in [-0.2, 0) is 0 Å². The zero-order valence-electron chi connectivity index (χ0n) is 12.5. The number of rotatable bonds is 1. The summed E-state index contributed by atoms with van der Waals surface area (Å²) >= 11 is 0. The Bertz CT molecular complexity index is 683. The molecule has 4 rings (SSSR count). The highest BCUT2D eigenvalue weighted by Gasteiger charge is 2.35. The highest BCUT2D eigenvalue weighted by atomic mass is 16.5. The van der Waals surface area contributed by atoms with E-state index in [0.29, 0.717) is 12.3 Å². The molecule has 2 aliphatic carbocycles. The average Bonchev–Trinajstić information content (AvgIpc) is 2.54. The number of benzene rings is 1. The van der Waals surface area contributed by atoms with E-state index in [2.05, 4.69) is 29.6 Å². The zero-order chi connectivity index (χ0) is 15.2. The molecule has 114 valence electrons. The Hall–Kier alpha value is -1.68. The molecule has 0 aromatic heterocycles. The van der Waals surface area contributed by atoms with E-state index < -0.39 is 5.79 Å². The Morgan fingerprint density at radius 1 is 1.14 bits per heavy atom. The maximum absolute atomic E-state index is 9.97. The number of allylic oxidation sites excluding steroid dienone is 1. The van der Waals surface area contributed by atoms with Gasteiger partial charge in [-0.25, -0.2) is 0 Å². The van der Waals surface area contributed by atoms with E-state index in [-0.39, 0.29) is 0 Å². The Balaban J connectivity index is 1.80. The summed E-state index contributed by atoms with van der Waals surface area (Å²) in [6.07, 6.45) is 5.71. The van der Waals surface area contributed by atoms with Crippen molar-refractivity contribution in [2.75, 3.05) is 13.1 Å². The van der Waals surface area contributed by atoms with Gasteiger partial charge in [0, 0.05) is 18.9 Å². The summed E-state index contributed by atoms with van der Waals surface area (Å²) in [5.41, 5.74) is 6.63. The lowest BCUT2D eigenvalue weighted by Crippen LogP contribution is -2.34. The third kappa shape index (κ3) is 2.35. The van der Waals surface area contributed by atoms with Crippen molar-refractivity contribution in [2.24, 2.45) is 0 Å². The first kappa shape index (κ1) is 13.9. The van der Waals surface area contributed by atoms with Crippen LogP contribution in [0.15, 0.2) is 64.8 Å². The molecule has 1 atom stereocenters. The standard InChI is InChI=1S/C19H21NO2/c21-19(22)8-6-15-14(11-19)10-17(13-4-2-1-3-5-13)16-7-9-20-12-18(15)16/h1-6,8,17,20-22H,7,9-12H2. The van der Waals surface area contributed by atoms with E-state index in [9.17, 15) is 10.2 Å². The molecule has 3 N–H and O–H groups in total. The van der Waals surface area contributed by atoms with Crippen LogP contribution in [0.2, 0.25) is 0 Å². The van der Waals surface area contributed by atoms with Crippen LogP contribution in [0.3, 0.4) is 0 Å². The minimum atomic E-state index is -1.69. The van der Waals surface area contributed by atoms with Crippen LogP contribution in [0.5, 0.6) is 0 Å². The quantitative estimate of drug-likeness (QED) is 0.697. The number of hydrogen-bond acceptors (Lipinski definition) is 3. The second kappa shape index (κ2) is 5.20. The van der Waals surface area contributed by atoms with Gasteiger partial charge < -0.3 is 15.5 Å². The third-order valence-electron chi connectivity index (χ3n) is 5.03. The van der Waals surface area contributed by atoms with Gasteiger partial charge in [-0.15, -0.1) is 0 Å². The van der Waals surface area contributed by atoms with Gasteiger partial charge in [-0.1, -0.05) is 47.6 Å². The molecule has 1 aromatic carbocycles. The lowest BCUT2D eigenvalue weighted by atomic mass is 9.70. The van der Waals surface area contributed by atoms with Crippen LogP contribution >= 0.6 is 0 Å². The predicted octanol–water partition coefficient (Wildman–Crippen LogP) is 2.40. The molecule has 3 nitrogen and oxygen atoms in total. The summed E-state index contributed by atoms with van der Waals surface area (Å²) in [4.78, 5) is 0. The zero-order valence-corrected chi connectivity index (χ0v) is 12.5. The smallest absolute Gasteiger partial charge is 0.186 e. The van der Waals surface area contributed by atoms with Crippen LogP contribution in [0.4, 0.5) is 0 Å². The lowest BCUT2D eigenvalue weighted by molar-refractivity contribution is -0.117. The highest BCUT2D eigenvalue weighted by molar-refractivity contribution is 5.56. The largest absolute Gasteiger partial charge is 0.362 e. The van der Waals surface area contributed by atoms with Crippen molar-refractivity contribution in [1.29, 1.82) is 0 Å². The van der Waals surface area contributed by atoms with E-state index in [1.807, 2.05) is 12.1 Å². The second-order valence-corrected chi connectivity index (χ2v) is 6.50. The summed E-state index contributed by atoms with van der Waals surface area (Å²) in [6, 6.07) is 10.6. The molecular weight excluding hydrogens is 274 g/mol. The SMILES string of the molecule is OC1(O)C=CC2=C(CC(c3ccccc3)C3=C2CNCC3)C1. The first-order valence-corrected chi connectivity index (χ1v) is 7.98. The minimum Gasteiger partial charge on any atom is -0.362 e. The molecule has 1 unspecified atom stereocenters. The van der Waals surface area contributed by atoms with E-state index in [1.54, 1.807) is 0 Å². The molecule has 1 aromatic rings. The number of fused-ring (bicyclic) bond motifs is 1. The summed E-state index contributed by atoms with van der Waals surface area (Å²) in [5.74, 6) is -1.32. The first-order valence-electron chi connectivity index (χ1n) is 7.98. The molecule has 0 bridgehead atoms. The van der Waals surface area contributed by atoms with Crippen LogP contribution in [0.25, 0.3) is 0 Å². The molecule has 1 heterocycles. The molecule has 0 saturated carbocycles. The lowest BCUT2D eigenvalue weighted by Gasteiger charge is -2.38. The molecule has 0 fully saturated rings. The van der Waals surface area contributed by atoms with Gasteiger partial charge in [0.15, 0.2) is 5.79 Å². The Morgan fingerprint density at radius 3 is 2.77 bits per heavy atom. The van der Waals surface area contributed by atoms with Gasteiger partial charge >= 0.3 is 0 Å². The predicted molar refractivity (Wildman–Crippen MR) is 86.3 cm³/mol. The number of aliphatic hydroxyl groups is 2. The summed E-state index contributed by atoms with van der Waals surface area (Å²) in [7, 11) is 0. The fraction of sp³-hybridized carbons (Fsp3) is 0.368. The van der Waals surface area contributed by atoms with E-state index in [1.165, 1.54) is 33.9 Å². The molecular formula is C19H21NO2. The van der Waals surface area contributed by atoms with Crippen molar-refractivity contribution in [3.63, 3.8) is 0 Å². The van der Waals surface area contributed by atoms with Gasteiger partial charge in [0.2, 0.25) is 0 Å². The molecule has 3 aliphatic rings. The molecule has 1 aliphatic heterocycles. The molecule has 22 heavy (non-hydrogen) atoms. The van der Waals surface area contributed by atoms with Gasteiger partial charge in [-0.05, 0) is 42.2 Å². The van der Waals surface area contributed by atoms with E-state index in [4.69, 9.17) is 0 Å². The van der Waals surface area contributed by atoms with Gasteiger partial charge in [-0.2, -0.15) is 0 Å². The fourth-order valence-electron chi connectivity index (χ4n) is 4.03. The Morgan fingerprint density at radius 2 is 1.95 bits per heavy atom. The fourth-order valence-corrected chi connectivity index (χ4v) is 4.03. The van der Waals surface area contributed by atoms with Crippen molar-refractivity contribution in [3.8, 4) is 0 Å². The van der Waals surface area contributed by atoms with Crippen molar-refractivity contribution in [1.82, 2.24) is 5.32 Å². The first-order chi connectivity index (χ1) is 10.6. The van der Waals surface area contributed by atoms with Crippen LogP contribution in [0.1, 0.15) is 30.7 Å². The molecule has 0 radical (unpaired) electrons. The normalized spacial score (nSPS) is 26.7. The van der Waals surface area contributed by atoms with Crippen molar-refractivity contribution in [3.05, 3.63) is 70.3 Å². The van der Waals surface area contributed by atoms with Crippen LogP contribution < -0.4 is 5.32 Å². The second-order valence-electron chi connectivity index (χ2n) is 6.50. The van der Waals surface area contributed by atoms with E-state index in [0.717, 1.165) is 25.9 Å². The van der Waals surface area contributed by atoms with E-state index >= 15 is 0 Å². The maximum Gasteiger partial charge on any atom is 0.186 e. The van der Waals surface area contributed by atoms with Gasteiger partial charge in [0.1, 0.15) is 0 Å². The monoisotopic (exact) mass is 295 g/mol. The number of nitrogens with one attached hydrogen (secondary N) is 1. The topological polar surface area (TPSA) is 52.5 Å². The maximum atomic E-state index is 9.97. The number of hydrogen-bond donors (Lipinski definition) is 3. The Kier molecular flexibility index (Phi) is 3.30. The third-order valence-corrected chi connectivity index (χ3v) is 5.03. The van der Waals surface area contributed by atoms with Crippen LogP contribution in [0, 0.1) is 0 Å². The Labute approximate surface area is 130 Å². The van der Waals surface area contributed by atoms with Gasteiger partial charge in [0.25, 0.3) is 0 Å². The molecule has 3 heteroatoms. The molecule has 0 spiro atoms. The van der Waals surface area contributed by atoms with Gasteiger partial charge in [-0.3, -0.25) is 0 Å². The van der Waals surface area contributed by atoms with Crippen molar-refractivity contribution in [2.45, 2.75) is 31.0 Å². The highest BCUT2D eigenvalue weighted by Crippen LogP contribution is 2.46.